The van der Waals surface area contributed by atoms with Crippen LogP contribution < -0.4 is 5.32 Å². The average Bonchev–Trinajstić information content (AvgIpc) is 2.55. The predicted octanol–water partition coefficient (Wildman–Crippen LogP) is 0.268. The second-order valence-electron chi connectivity index (χ2n) is 6.31. The second-order valence-corrected chi connectivity index (χ2v) is 8.54. The van der Waals surface area contributed by atoms with Crippen LogP contribution in [0.3, 0.4) is 0 Å². The third kappa shape index (κ3) is 4.45. The fourth-order valence-electron chi connectivity index (χ4n) is 3.31. The highest BCUT2D eigenvalue weighted by molar-refractivity contribution is 7.91. The van der Waals surface area contributed by atoms with Crippen molar-refractivity contribution in [2.75, 3.05) is 31.1 Å². The molecule has 2 rings (SSSR count). The van der Waals surface area contributed by atoms with Crippen molar-refractivity contribution in [1.82, 2.24) is 10.2 Å². The van der Waals surface area contributed by atoms with Gasteiger partial charge in [0.25, 0.3) is 0 Å². The molecule has 2 aliphatic rings. The van der Waals surface area contributed by atoms with Crippen molar-refractivity contribution in [2.24, 2.45) is 11.8 Å². The standard InChI is InChI=1S/C13H24N2O3S/c1-10-5-11(2)7-15(6-10)8-13(16)14-12-3-4-19(17,18)9-12/h10-12H,3-9H2,1-2H3,(H,14,16)/t10-,11-,12-/m1/s1. The van der Waals surface area contributed by atoms with Crippen LogP contribution >= 0.6 is 0 Å². The van der Waals surface area contributed by atoms with Gasteiger partial charge in [-0.1, -0.05) is 13.8 Å². The van der Waals surface area contributed by atoms with Gasteiger partial charge in [0.2, 0.25) is 5.91 Å². The lowest BCUT2D eigenvalue weighted by molar-refractivity contribution is -0.123. The van der Waals surface area contributed by atoms with E-state index in [1.807, 2.05) is 0 Å². The molecule has 0 bridgehead atoms. The molecule has 0 aliphatic carbocycles. The fraction of sp³-hybridized carbons (Fsp3) is 0.923. The highest BCUT2D eigenvalue weighted by Gasteiger charge is 2.30. The van der Waals surface area contributed by atoms with Crippen molar-refractivity contribution in [2.45, 2.75) is 32.7 Å². The smallest absolute Gasteiger partial charge is 0.234 e. The third-order valence-electron chi connectivity index (χ3n) is 3.91. The number of nitrogens with one attached hydrogen (secondary N) is 1. The largest absolute Gasteiger partial charge is 0.351 e. The van der Waals surface area contributed by atoms with E-state index in [0.29, 0.717) is 24.8 Å². The van der Waals surface area contributed by atoms with E-state index in [1.165, 1.54) is 6.42 Å². The Labute approximate surface area is 115 Å². The molecule has 19 heavy (non-hydrogen) atoms. The van der Waals surface area contributed by atoms with E-state index in [-0.39, 0.29) is 23.5 Å². The van der Waals surface area contributed by atoms with E-state index in [0.717, 1.165) is 13.1 Å². The molecule has 0 spiro atoms. The molecule has 6 heteroatoms. The topological polar surface area (TPSA) is 66.5 Å². The van der Waals surface area contributed by atoms with Crippen molar-refractivity contribution < 1.29 is 13.2 Å². The van der Waals surface area contributed by atoms with Crippen LogP contribution in [0.15, 0.2) is 0 Å². The number of rotatable bonds is 3. The molecule has 2 saturated heterocycles. The van der Waals surface area contributed by atoms with E-state index < -0.39 is 9.84 Å². The number of amides is 1. The quantitative estimate of drug-likeness (QED) is 0.809. The zero-order valence-corrected chi connectivity index (χ0v) is 12.6. The molecule has 0 saturated carbocycles. The zero-order chi connectivity index (χ0) is 14.0. The van der Waals surface area contributed by atoms with Crippen LogP contribution in [0.4, 0.5) is 0 Å². The van der Waals surface area contributed by atoms with E-state index in [4.69, 9.17) is 0 Å². The van der Waals surface area contributed by atoms with E-state index >= 15 is 0 Å². The monoisotopic (exact) mass is 288 g/mol. The molecule has 2 fully saturated rings. The molecule has 2 heterocycles. The molecular weight excluding hydrogens is 264 g/mol. The molecule has 2 aliphatic heterocycles. The summed E-state index contributed by atoms with van der Waals surface area (Å²) in [5.41, 5.74) is 0. The molecule has 1 N–H and O–H groups in total. The third-order valence-corrected chi connectivity index (χ3v) is 5.68. The Morgan fingerprint density at radius 1 is 1.26 bits per heavy atom. The van der Waals surface area contributed by atoms with Gasteiger partial charge in [0.1, 0.15) is 0 Å². The maximum Gasteiger partial charge on any atom is 0.234 e. The first-order valence-corrected chi connectivity index (χ1v) is 8.88. The Hall–Kier alpha value is -0.620. The Bertz CT molecular complexity index is 425. The normalized spacial score (nSPS) is 35.2. The number of nitrogens with zero attached hydrogens (tertiary/aromatic N) is 1. The Morgan fingerprint density at radius 2 is 1.89 bits per heavy atom. The van der Waals surface area contributed by atoms with E-state index in [9.17, 15) is 13.2 Å². The minimum absolute atomic E-state index is 0.0385. The molecule has 1 amide bonds. The number of carbonyl (C=O) groups is 1. The highest BCUT2D eigenvalue weighted by Crippen LogP contribution is 2.20. The minimum atomic E-state index is -2.92. The first-order chi connectivity index (χ1) is 8.84. The number of likely N-dealkylation sites (tertiary alicyclic amines) is 1. The van der Waals surface area contributed by atoms with Crippen molar-refractivity contribution in [3.63, 3.8) is 0 Å². The molecule has 0 aromatic heterocycles. The summed E-state index contributed by atoms with van der Waals surface area (Å²) in [5.74, 6) is 1.52. The van der Waals surface area contributed by atoms with Gasteiger partial charge in [-0.05, 0) is 24.7 Å². The molecule has 3 atom stereocenters. The fourth-order valence-corrected chi connectivity index (χ4v) is 4.98. The maximum absolute atomic E-state index is 11.9. The Morgan fingerprint density at radius 3 is 2.42 bits per heavy atom. The summed E-state index contributed by atoms with van der Waals surface area (Å²) in [4.78, 5) is 14.1. The second kappa shape index (κ2) is 5.79. The van der Waals surface area contributed by atoms with Crippen LogP contribution in [-0.2, 0) is 14.6 Å². The van der Waals surface area contributed by atoms with Crippen molar-refractivity contribution in [3.05, 3.63) is 0 Å². The first-order valence-electron chi connectivity index (χ1n) is 7.06. The van der Waals surface area contributed by atoms with E-state index in [1.54, 1.807) is 0 Å². The minimum Gasteiger partial charge on any atom is -0.351 e. The maximum atomic E-state index is 11.9. The van der Waals surface area contributed by atoms with Gasteiger partial charge in [0, 0.05) is 19.1 Å². The van der Waals surface area contributed by atoms with Crippen LogP contribution in [0.25, 0.3) is 0 Å². The summed E-state index contributed by atoms with van der Waals surface area (Å²) in [5, 5.41) is 2.85. The van der Waals surface area contributed by atoms with Gasteiger partial charge in [-0.3, -0.25) is 9.69 Å². The van der Waals surface area contributed by atoms with Crippen LogP contribution in [0.2, 0.25) is 0 Å². The molecule has 5 nitrogen and oxygen atoms in total. The van der Waals surface area contributed by atoms with Gasteiger partial charge in [-0.15, -0.1) is 0 Å². The summed E-state index contributed by atoms with van der Waals surface area (Å²) in [6, 6.07) is -0.183. The first kappa shape index (κ1) is 14.8. The van der Waals surface area contributed by atoms with Gasteiger partial charge in [0.05, 0.1) is 18.1 Å². The van der Waals surface area contributed by atoms with Gasteiger partial charge in [0.15, 0.2) is 9.84 Å². The lowest BCUT2D eigenvalue weighted by atomic mass is 9.92. The summed E-state index contributed by atoms with van der Waals surface area (Å²) in [6.45, 7) is 6.74. The number of hydrogen-bond acceptors (Lipinski definition) is 4. The highest BCUT2D eigenvalue weighted by atomic mass is 32.2. The van der Waals surface area contributed by atoms with Gasteiger partial charge in [-0.2, -0.15) is 0 Å². The summed E-state index contributed by atoms with van der Waals surface area (Å²) in [7, 11) is -2.92. The average molecular weight is 288 g/mol. The van der Waals surface area contributed by atoms with Crippen LogP contribution in [-0.4, -0.2) is 56.4 Å². The number of sulfone groups is 1. The van der Waals surface area contributed by atoms with E-state index in [2.05, 4.69) is 24.1 Å². The van der Waals surface area contributed by atoms with Gasteiger partial charge < -0.3 is 5.32 Å². The zero-order valence-electron chi connectivity index (χ0n) is 11.8. The number of piperidine rings is 1. The molecule has 110 valence electrons. The van der Waals surface area contributed by atoms with Crippen LogP contribution in [0.1, 0.15) is 26.7 Å². The Balaban J connectivity index is 1.78. The lowest BCUT2D eigenvalue weighted by Crippen LogP contribution is -2.47. The van der Waals surface area contributed by atoms with Crippen molar-refractivity contribution in [3.8, 4) is 0 Å². The number of carbonyl (C=O) groups excluding carboxylic acids is 1. The van der Waals surface area contributed by atoms with Crippen LogP contribution in [0.5, 0.6) is 0 Å². The SMILES string of the molecule is C[C@@H]1C[C@@H](C)CN(CC(=O)N[C@@H]2CCS(=O)(=O)C2)C1. The summed E-state index contributed by atoms with van der Waals surface area (Å²) >= 11 is 0. The van der Waals surface area contributed by atoms with Gasteiger partial charge >= 0.3 is 0 Å². The van der Waals surface area contributed by atoms with Gasteiger partial charge in [-0.25, -0.2) is 8.42 Å². The summed E-state index contributed by atoms with van der Waals surface area (Å²) < 4.78 is 22.7. The molecular formula is C13H24N2O3S. The van der Waals surface area contributed by atoms with Crippen LogP contribution in [0, 0.1) is 11.8 Å². The molecule has 0 unspecified atom stereocenters. The lowest BCUT2D eigenvalue weighted by Gasteiger charge is -2.34. The Kier molecular flexibility index (Phi) is 4.50. The molecule has 0 aromatic rings. The molecule has 0 radical (unpaired) electrons. The van der Waals surface area contributed by atoms with Crippen molar-refractivity contribution >= 4 is 15.7 Å². The molecule has 0 aromatic carbocycles. The number of hydrogen-bond donors (Lipinski definition) is 1. The summed E-state index contributed by atoms with van der Waals surface area (Å²) in [6.07, 6.45) is 1.78. The van der Waals surface area contributed by atoms with Crippen molar-refractivity contribution in [1.29, 1.82) is 0 Å². The predicted molar refractivity (Wildman–Crippen MR) is 74.6 cm³/mol.